The molecular formula is C15H15N2O+. The normalized spacial score (nSPS) is 11.8. The van der Waals surface area contributed by atoms with Gasteiger partial charge >= 0.3 is 5.69 Å². The van der Waals surface area contributed by atoms with Gasteiger partial charge in [-0.15, -0.1) is 0 Å². The van der Waals surface area contributed by atoms with Gasteiger partial charge in [0.15, 0.2) is 4.98 Å². The Bertz CT molecular complexity index is 546. The van der Waals surface area contributed by atoms with Crippen LogP contribution in [0, 0.1) is 5.39 Å². The molecular weight excluding hydrogens is 224 g/mol. The molecule has 1 atom stereocenters. The molecule has 0 amide bonds. The van der Waals surface area contributed by atoms with Crippen LogP contribution in [0.4, 0.5) is 5.69 Å². The molecule has 0 aliphatic rings. The molecule has 0 aromatic heterocycles. The second-order valence-corrected chi connectivity index (χ2v) is 4.23. The van der Waals surface area contributed by atoms with Crippen molar-refractivity contribution in [1.29, 1.82) is 5.39 Å². The predicted octanol–water partition coefficient (Wildman–Crippen LogP) is 3.49. The average Bonchev–Trinajstić information content (AvgIpc) is 2.46. The van der Waals surface area contributed by atoms with Gasteiger partial charge < -0.3 is 5.11 Å². The monoisotopic (exact) mass is 239 g/mol. The van der Waals surface area contributed by atoms with E-state index in [4.69, 9.17) is 5.39 Å². The fraction of sp³-hybridized carbons (Fsp3) is 0.200. The molecule has 90 valence electrons. The second kappa shape index (κ2) is 5.95. The zero-order chi connectivity index (χ0) is 12.8. The van der Waals surface area contributed by atoms with Crippen LogP contribution in [-0.2, 0) is 6.42 Å². The first-order chi connectivity index (χ1) is 8.85. The van der Waals surface area contributed by atoms with E-state index in [1.165, 1.54) is 0 Å². The lowest BCUT2D eigenvalue weighted by Gasteiger charge is -2.12. The van der Waals surface area contributed by atoms with Crippen molar-refractivity contribution < 1.29 is 5.11 Å². The van der Waals surface area contributed by atoms with Crippen LogP contribution in [-0.4, -0.2) is 11.7 Å². The average molecular weight is 239 g/mol. The van der Waals surface area contributed by atoms with Crippen LogP contribution in [0.15, 0.2) is 54.6 Å². The van der Waals surface area contributed by atoms with Crippen molar-refractivity contribution in [3.8, 4) is 0 Å². The van der Waals surface area contributed by atoms with Gasteiger partial charge in [-0.05, 0) is 12.0 Å². The standard InChI is InChI=1S/C15H15N2O/c16-17-15-9-5-4-8-14(15)13(11-18)10-12-6-2-1-3-7-12/h1-9,13,18H,10-11H2/q+1. The third kappa shape index (κ3) is 2.73. The minimum atomic E-state index is -0.0560. The largest absolute Gasteiger partial charge is 0.396 e. The van der Waals surface area contributed by atoms with Crippen molar-refractivity contribution in [2.75, 3.05) is 6.61 Å². The Morgan fingerprint density at radius 3 is 2.33 bits per heavy atom. The Morgan fingerprint density at radius 2 is 1.67 bits per heavy atom. The van der Waals surface area contributed by atoms with E-state index in [9.17, 15) is 5.11 Å². The molecule has 1 N–H and O–H groups in total. The Hall–Kier alpha value is -2.18. The quantitative estimate of drug-likeness (QED) is 0.830. The molecule has 0 saturated heterocycles. The van der Waals surface area contributed by atoms with Crippen LogP contribution in [0.3, 0.4) is 0 Å². The summed E-state index contributed by atoms with van der Waals surface area (Å²) in [5, 5.41) is 18.5. The zero-order valence-electron chi connectivity index (χ0n) is 10.0. The molecule has 0 aliphatic heterocycles. The van der Waals surface area contributed by atoms with Gasteiger partial charge in [-0.25, -0.2) is 0 Å². The third-order valence-electron chi connectivity index (χ3n) is 3.03. The number of diazo groups is 1. The fourth-order valence-corrected chi connectivity index (χ4v) is 2.10. The van der Waals surface area contributed by atoms with Crippen LogP contribution in [0.2, 0.25) is 0 Å². The van der Waals surface area contributed by atoms with E-state index in [0.29, 0.717) is 5.69 Å². The highest BCUT2D eigenvalue weighted by atomic mass is 16.3. The van der Waals surface area contributed by atoms with E-state index in [1.807, 2.05) is 48.5 Å². The van der Waals surface area contributed by atoms with Crippen LogP contribution < -0.4 is 0 Å². The van der Waals surface area contributed by atoms with Crippen molar-refractivity contribution >= 4 is 5.69 Å². The topological polar surface area (TPSA) is 48.4 Å². The molecule has 0 heterocycles. The maximum atomic E-state index is 9.54. The lowest BCUT2D eigenvalue weighted by Crippen LogP contribution is -2.07. The van der Waals surface area contributed by atoms with Gasteiger partial charge in [-0.3, -0.25) is 0 Å². The van der Waals surface area contributed by atoms with Crippen molar-refractivity contribution in [2.24, 2.45) is 0 Å². The minimum Gasteiger partial charge on any atom is -0.396 e. The number of benzene rings is 2. The number of aliphatic hydroxyl groups excluding tert-OH is 1. The molecule has 0 saturated carbocycles. The summed E-state index contributed by atoms with van der Waals surface area (Å²) in [4.78, 5) is 3.27. The molecule has 0 spiro atoms. The van der Waals surface area contributed by atoms with Gasteiger partial charge in [-0.2, -0.15) is 0 Å². The number of rotatable bonds is 4. The number of aliphatic hydroxyl groups is 1. The van der Waals surface area contributed by atoms with Crippen LogP contribution in [0.5, 0.6) is 0 Å². The Balaban J connectivity index is 2.27. The number of nitrogens with zero attached hydrogens (tertiary/aromatic N) is 2. The molecule has 0 fully saturated rings. The highest BCUT2D eigenvalue weighted by Crippen LogP contribution is 2.29. The summed E-state index contributed by atoms with van der Waals surface area (Å²) < 4.78 is 0. The molecule has 2 aromatic carbocycles. The van der Waals surface area contributed by atoms with Crippen molar-refractivity contribution in [1.82, 2.24) is 0 Å². The molecule has 0 aliphatic carbocycles. The molecule has 0 bridgehead atoms. The number of hydrogen-bond donors (Lipinski definition) is 1. The summed E-state index contributed by atoms with van der Waals surface area (Å²) in [6.45, 7) is 0.0292. The van der Waals surface area contributed by atoms with E-state index in [0.717, 1.165) is 17.5 Å². The second-order valence-electron chi connectivity index (χ2n) is 4.23. The molecule has 1 unspecified atom stereocenters. The third-order valence-corrected chi connectivity index (χ3v) is 3.03. The van der Waals surface area contributed by atoms with Crippen LogP contribution in [0.1, 0.15) is 17.0 Å². The summed E-state index contributed by atoms with van der Waals surface area (Å²) in [5.74, 6) is -0.0560. The Morgan fingerprint density at radius 1 is 1.00 bits per heavy atom. The van der Waals surface area contributed by atoms with Crippen molar-refractivity contribution in [3.63, 3.8) is 0 Å². The molecule has 3 nitrogen and oxygen atoms in total. The first kappa shape index (κ1) is 12.3. The first-order valence-electron chi connectivity index (χ1n) is 5.94. The lowest BCUT2D eigenvalue weighted by atomic mass is 9.91. The molecule has 3 heteroatoms. The number of hydrogen-bond acceptors (Lipinski definition) is 2. The lowest BCUT2D eigenvalue weighted by molar-refractivity contribution is 0.265. The molecule has 0 radical (unpaired) electrons. The summed E-state index contributed by atoms with van der Waals surface area (Å²) in [7, 11) is 0. The van der Waals surface area contributed by atoms with Crippen molar-refractivity contribution in [3.05, 3.63) is 70.7 Å². The Kier molecular flexibility index (Phi) is 4.06. The van der Waals surface area contributed by atoms with Gasteiger partial charge in [0, 0.05) is 12.0 Å². The molecule has 2 aromatic rings. The summed E-state index contributed by atoms with van der Waals surface area (Å²) in [5.41, 5.74) is 2.54. The summed E-state index contributed by atoms with van der Waals surface area (Å²) in [6, 6.07) is 17.3. The fourth-order valence-electron chi connectivity index (χ4n) is 2.10. The smallest absolute Gasteiger partial charge is 0.388 e. The van der Waals surface area contributed by atoms with Gasteiger partial charge in [0.1, 0.15) is 0 Å². The molecule has 18 heavy (non-hydrogen) atoms. The maximum Gasteiger partial charge on any atom is 0.388 e. The van der Waals surface area contributed by atoms with E-state index >= 15 is 0 Å². The van der Waals surface area contributed by atoms with Gasteiger partial charge in [0.2, 0.25) is 5.39 Å². The Labute approximate surface area is 106 Å². The van der Waals surface area contributed by atoms with Gasteiger partial charge in [0.25, 0.3) is 0 Å². The van der Waals surface area contributed by atoms with E-state index in [-0.39, 0.29) is 12.5 Å². The maximum absolute atomic E-state index is 9.54. The minimum absolute atomic E-state index is 0.0292. The van der Waals surface area contributed by atoms with E-state index in [2.05, 4.69) is 4.98 Å². The summed E-state index contributed by atoms with van der Waals surface area (Å²) >= 11 is 0. The summed E-state index contributed by atoms with van der Waals surface area (Å²) in [6.07, 6.45) is 0.726. The highest BCUT2D eigenvalue weighted by molar-refractivity contribution is 5.53. The van der Waals surface area contributed by atoms with Gasteiger partial charge in [0.05, 0.1) is 12.2 Å². The van der Waals surface area contributed by atoms with Crippen LogP contribution >= 0.6 is 0 Å². The first-order valence-corrected chi connectivity index (χ1v) is 5.94. The van der Waals surface area contributed by atoms with E-state index < -0.39 is 0 Å². The molecule has 2 rings (SSSR count). The van der Waals surface area contributed by atoms with Crippen LogP contribution in [0.25, 0.3) is 4.98 Å². The predicted molar refractivity (Wildman–Crippen MR) is 71.2 cm³/mol. The van der Waals surface area contributed by atoms with Crippen molar-refractivity contribution in [2.45, 2.75) is 12.3 Å². The SMILES string of the molecule is N#[N+]c1ccccc1C(CO)Cc1ccccc1. The van der Waals surface area contributed by atoms with E-state index in [1.54, 1.807) is 6.07 Å². The van der Waals surface area contributed by atoms with Gasteiger partial charge in [-0.1, -0.05) is 48.5 Å². The highest BCUT2D eigenvalue weighted by Gasteiger charge is 2.21. The zero-order valence-corrected chi connectivity index (χ0v) is 10.0.